The van der Waals surface area contributed by atoms with Gasteiger partial charge in [0.05, 0.1) is 13.2 Å². The summed E-state index contributed by atoms with van der Waals surface area (Å²) in [5.41, 5.74) is 1.26. The molecule has 1 saturated carbocycles. The van der Waals surface area contributed by atoms with Crippen molar-refractivity contribution in [2.75, 3.05) is 60.6 Å². The van der Waals surface area contributed by atoms with Crippen LogP contribution in [0, 0.1) is 0 Å². The van der Waals surface area contributed by atoms with Gasteiger partial charge in [-0.1, -0.05) is 31.4 Å². The highest BCUT2D eigenvalue weighted by atomic mass is 16.5. The van der Waals surface area contributed by atoms with E-state index >= 15 is 0 Å². The number of likely N-dealkylation sites (N-methyl/N-ethyl adjacent to an activating group) is 1. The Balaban J connectivity index is 1.53. The molecular formula is C24H39N5O3. The first kappa shape index (κ1) is 24.3. The predicted octanol–water partition coefficient (Wildman–Crippen LogP) is 1.85. The van der Waals surface area contributed by atoms with E-state index in [4.69, 9.17) is 9.47 Å². The van der Waals surface area contributed by atoms with Crippen LogP contribution in [0.3, 0.4) is 0 Å². The number of hydrogen-bond acceptors (Lipinski definition) is 5. The molecule has 1 aromatic carbocycles. The quantitative estimate of drug-likeness (QED) is 0.470. The Bertz CT molecular complexity index is 756. The van der Waals surface area contributed by atoms with Gasteiger partial charge in [-0.25, -0.2) is 0 Å². The minimum absolute atomic E-state index is 0.0384. The van der Waals surface area contributed by atoms with E-state index in [0.29, 0.717) is 12.3 Å². The van der Waals surface area contributed by atoms with Crippen LogP contribution < -0.4 is 15.4 Å². The van der Waals surface area contributed by atoms with Crippen LogP contribution in [0.5, 0.6) is 5.75 Å². The fourth-order valence-electron chi connectivity index (χ4n) is 4.53. The van der Waals surface area contributed by atoms with Crippen LogP contribution in [0.2, 0.25) is 0 Å². The average Bonchev–Trinajstić information content (AvgIpc) is 2.84. The van der Waals surface area contributed by atoms with Crippen molar-refractivity contribution < 1.29 is 14.3 Å². The summed E-state index contributed by atoms with van der Waals surface area (Å²) in [6.07, 6.45) is 6.35. The van der Waals surface area contributed by atoms with Crippen molar-refractivity contribution in [1.82, 2.24) is 20.4 Å². The van der Waals surface area contributed by atoms with Gasteiger partial charge in [0.1, 0.15) is 5.75 Å². The third-order valence-corrected chi connectivity index (χ3v) is 6.49. The number of nitrogens with one attached hydrogen (secondary N) is 2. The summed E-state index contributed by atoms with van der Waals surface area (Å²) in [7, 11) is 5.26. The first-order valence-electron chi connectivity index (χ1n) is 11.7. The molecule has 32 heavy (non-hydrogen) atoms. The molecule has 1 aromatic rings. The van der Waals surface area contributed by atoms with Crippen LogP contribution in [0.25, 0.3) is 0 Å². The number of guanidine groups is 1. The number of aliphatic imine (C=N–C) groups is 1. The minimum Gasteiger partial charge on any atom is -0.484 e. The SMILES string of the molecule is CN=C(NCc1cccc(OCC(=O)N(C)C)c1)NCC1(N2CCOCC2)CCCCC1. The van der Waals surface area contributed by atoms with Crippen LogP contribution >= 0.6 is 0 Å². The van der Waals surface area contributed by atoms with Crippen LogP contribution in [-0.2, 0) is 16.1 Å². The van der Waals surface area contributed by atoms with Gasteiger partial charge in [-0.15, -0.1) is 0 Å². The lowest BCUT2D eigenvalue weighted by molar-refractivity contribution is -0.130. The molecule has 178 valence electrons. The van der Waals surface area contributed by atoms with Gasteiger partial charge in [0, 0.05) is 52.9 Å². The molecule has 2 fully saturated rings. The van der Waals surface area contributed by atoms with E-state index in [0.717, 1.165) is 44.4 Å². The van der Waals surface area contributed by atoms with E-state index in [9.17, 15) is 4.79 Å². The second kappa shape index (κ2) is 12.1. The minimum atomic E-state index is -0.0601. The van der Waals surface area contributed by atoms with Crippen molar-refractivity contribution in [3.8, 4) is 5.75 Å². The molecule has 0 spiro atoms. The lowest BCUT2D eigenvalue weighted by Crippen LogP contribution is -2.60. The molecule has 1 amide bonds. The maximum absolute atomic E-state index is 11.8. The van der Waals surface area contributed by atoms with Crippen molar-refractivity contribution in [3.63, 3.8) is 0 Å². The number of ether oxygens (including phenoxy) is 2. The fourth-order valence-corrected chi connectivity index (χ4v) is 4.53. The predicted molar refractivity (Wildman–Crippen MR) is 127 cm³/mol. The molecule has 3 rings (SSSR count). The Morgan fingerprint density at radius 1 is 1.19 bits per heavy atom. The van der Waals surface area contributed by atoms with E-state index in [1.165, 1.54) is 37.0 Å². The van der Waals surface area contributed by atoms with E-state index in [1.54, 1.807) is 14.1 Å². The Morgan fingerprint density at radius 3 is 2.62 bits per heavy atom. The molecule has 8 nitrogen and oxygen atoms in total. The van der Waals surface area contributed by atoms with Crippen LogP contribution in [0.15, 0.2) is 29.3 Å². The molecule has 0 radical (unpaired) electrons. The zero-order chi connectivity index (χ0) is 22.8. The summed E-state index contributed by atoms with van der Waals surface area (Å²) < 4.78 is 11.2. The number of rotatable bonds is 8. The maximum atomic E-state index is 11.8. The van der Waals surface area contributed by atoms with Gasteiger partial charge < -0.3 is 25.0 Å². The van der Waals surface area contributed by atoms with Crippen molar-refractivity contribution in [1.29, 1.82) is 0 Å². The third kappa shape index (κ3) is 6.84. The summed E-state index contributed by atoms with van der Waals surface area (Å²) in [5, 5.41) is 7.01. The summed E-state index contributed by atoms with van der Waals surface area (Å²) in [4.78, 5) is 20.3. The number of hydrogen-bond donors (Lipinski definition) is 2. The first-order chi connectivity index (χ1) is 15.5. The van der Waals surface area contributed by atoms with E-state index in [-0.39, 0.29) is 18.1 Å². The molecule has 2 aliphatic rings. The average molecular weight is 446 g/mol. The molecule has 1 heterocycles. The highest BCUT2D eigenvalue weighted by molar-refractivity contribution is 5.79. The van der Waals surface area contributed by atoms with Gasteiger partial charge in [0.2, 0.25) is 0 Å². The Morgan fingerprint density at radius 2 is 1.94 bits per heavy atom. The third-order valence-electron chi connectivity index (χ3n) is 6.49. The van der Waals surface area contributed by atoms with Crippen molar-refractivity contribution in [2.45, 2.75) is 44.2 Å². The van der Waals surface area contributed by atoms with Crippen LogP contribution in [-0.4, -0.2) is 87.8 Å². The monoisotopic (exact) mass is 445 g/mol. The molecular weight excluding hydrogens is 406 g/mol. The number of morpholine rings is 1. The standard InChI is InChI=1S/C24H39N5O3/c1-25-23(26-17-20-8-7-9-21(16-20)32-18-22(30)28(2)3)27-19-24(10-5-4-6-11-24)29-12-14-31-15-13-29/h7-9,16H,4-6,10-15,17-19H2,1-3H3,(H2,25,26,27). The molecule has 1 aliphatic heterocycles. The van der Waals surface area contributed by atoms with Gasteiger partial charge in [-0.3, -0.25) is 14.7 Å². The maximum Gasteiger partial charge on any atom is 0.259 e. The summed E-state index contributed by atoms with van der Waals surface area (Å²) in [6, 6.07) is 7.81. The van der Waals surface area contributed by atoms with Gasteiger partial charge in [-0.05, 0) is 30.5 Å². The Hall–Kier alpha value is -2.32. The molecule has 0 aromatic heterocycles. The molecule has 1 aliphatic carbocycles. The highest BCUT2D eigenvalue weighted by Crippen LogP contribution is 2.33. The summed E-state index contributed by atoms with van der Waals surface area (Å²) in [5.74, 6) is 1.43. The molecule has 1 saturated heterocycles. The fraction of sp³-hybridized carbons (Fsp3) is 0.667. The normalized spacial score (nSPS) is 19.3. The van der Waals surface area contributed by atoms with Crippen LogP contribution in [0.4, 0.5) is 0 Å². The number of benzene rings is 1. The van der Waals surface area contributed by atoms with Gasteiger partial charge >= 0.3 is 0 Å². The van der Waals surface area contributed by atoms with Crippen molar-refractivity contribution in [2.24, 2.45) is 4.99 Å². The highest BCUT2D eigenvalue weighted by Gasteiger charge is 2.38. The van der Waals surface area contributed by atoms with E-state index < -0.39 is 0 Å². The van der Waals surface area contributed by atoms with Gasteiger partial charge in [0.25, 0.3) is 5.91 Å². The lowest BCUT2D eigenvalue weighted by Gasteiger charge is -2.48. The smallest absolute Gasteiger partial charge is 0.259 e. The zero-order valence-corrected chi connectivity index (χ0v) is 19.9. The molecule has 0 atom stereocenters. The number of nitrogens with zero attached hydrogens (tertiary/aromatic N) is 3. The lowest BCUT2D eigenvalue weighted by atomic mass is 9.80. The van der Waals surface area contributed by atoms with Gasteiger partial charge in [-0.2, -0.15) is 0 Å². The summed E-state index contributed by atoms with van der Waals surface area (Å²) in [6.45, 7) is 5.23. The van der Waals surface area contributed by atoms with Crippen LogP contribution in [0.1, 0.15) is 37.7 Å². The number of carbonyl (C=O) groups excluding carboxylic acids is 1. The number of amides is 1. The molecule has 0 bridgehead atoms. The summed E-state index contributed by atoms with van der Waals surface area (Å²) >= 11 is 0. The topological polar surface area (TPSA) is 78.4 Å². The molecule has 0 unspecified atom stereocenters. The second-order valence-corrected chi connectivity index (χ2v) is 8.89. The Labute approximate surface area is 192 Å². The van der Waals surface area contributed by atoms with Crippen molar-refractivity contribution in [3.05, 3.63) is 29.8 Å². The Kier molecular flexibility index (Phi) is 9.17. The van der Waals surface area contributed by atoms with Gasteiger partial charge in [0.15, 0.2) is 12.6 Å². The molecule has 8 heteroatoms. The number of carbonyl (C=O) groups is 1. The largest absolute Gasteiger partial charge is 0.484 e. The zero-order valence-electron chi connectivity index (χ0n) is 19.9. The second-order valence-electron chi connectivity index (χ2n) is 8.89. The van der Waals surface area contributed by atoms with Crippen molar-refractivity contribution >= 4 is 11.9 Å². The first-order valence-corrected chi connectivity index (χ1v) is 11.7. The molecule has 2 N–H and O–H groups in total. The van der Waals surface area contributed by atoms with E-state index in [1.807, 2.05) is 31.3 Å². The van der Waals surface area contributed by atoms with E-state index in [2.05, 4.69) is 20.5 Å².